The van der Waals surface area contributed by atoms with E-state index in [1.165, 1.54) is 4.90 Å². The number of hydrogen-bond acceptors (Lipinski definition) is 3. The van der Waals surface area contributed by atoms with Crippen LogP contribution >= 0.6 is 0 Å². The zero-order valence-corrected chi connectivity index (χ0v) is 15.7. The lowest BCUT2D eigenvalue weighted by atomic mass is 9.93. The van der Waals surface area contributed by atoms with Crippen molar-refractivity contribution in [1.82, 2.24) is 0 Å². The van der Waals surface area contributed by atoms with Crippen LogP contribution in [0, 0.1) is 13.8 Å². The maximum absolute atomic E-state index is 12.1. The summed E-state index contributed by atoms with van der Waals surface area (Å²) in [6.45, 7) is 13.7. The minimum absolute atomic E-state index is 0.00154. The van der Waals surface area contributed by atoms with Crippen LogP contribution in [-0.4, -0.2) is 34.3 Å². The fourth-order valence-electron chi connectivity index (χ4n) is 3.41. The van der Waals surface area contributed by atoms with Crippen LogP contribution in [0.15, 0.2) is 23.2 Å². The highest BCUT2D eigenvalue weighted by Gasteiger charge is 2.43. The first-order valence-electron chi connectivity index (χ1n) is 8.31. The molecule has 0 aromatic heterocycles. The summed E-state index contributed by atoms with van der Waals surface area (Å²) in [6, 6.07) is 5.78. The molecular formula is C19H28N2O3. The van der Waals surface area contributed by atoms with Crippen molar-refractivity contribution in [3.63, 3.8) is 0 Å². The zero-order chi connectivity index (χ0) is 18.3. The summed E-state index contributed by atoms with van der Waals surface area (Å²) in [5.74, 6) is 0.466. The van der Waals surface area contributed by atoms with Crippen LogP contribution in [-0.2, 0) is 4.74 Å². The molecule has 1 N–H and O–H groups in total. The third-order valence-electron chi connectivity index (χ3n) is 4.24. The van der Waals surface area contributed by atoms with Gasteiger partial charge in [0.2, 0.25) is 5.90 Å². The minimum Gasteiger partial charge on any atom is -0.476 e. The molecule has 1 unspecified atom stereocenters. The Morgan fingerprint density at radius 1 is 1.29 bits per heavy atom. The number of benzene rings is 1. The number of hydrogen-bond donors (Lipinski definition) is 1. The second-order valence-corrected chi connectivity index (χ2v) is 7.88. The highest BCUT2D eigenvalue weighted by molar-refractivity contribution is 6.00. The van der Waals surface area contributed by atoms with Crippen LogP contribution in [0.3, 0.4) is 0 Å². The van der Waals surface area contributed by atoms with Gasteiger partial charge in [-0.15, -0.1) is 0 Å². The highest BCUT2D eigenvalue weighted by atomic mass is 16.5. The molecule has 1 atom stereocenters. The number of anilines is 1. The third-order valence-corrected chi connectivity index (χ3v) is 4.24. The van der Waals surface area contributed by atoms with Gasteiger partial charge in [-0.1, -0.05) is 6.07 Å². The quantitative estimate of drug-likeness (QED) is 0.883. The summed E-state index contributed by atoms with van der Waals surface area (Å²) in [6.07, 6.45) is -0.211. The number of rotatable bonds is 3. The van der Waals surface area contributed by atoms with Crippen LogP contribution in [0.25, 0.3) is 0 Å². The average molecular weight is 332 g/mol. The number of nitrogens with zero attached hydrogens (tertiary/aromatic N) is 2. The predicted octanol–water partition coefficient (Wildman–Crippen LogP) is 4.55. The molecule has 1 aliphatic rings. The Bertz CT molecular complexity index is 657. The molecule has 132 valence electrons. The lowest BCUT2D eigenvalue weighted by Gasteiger charge is -2.42. The lowest BCUT2D eigenvalue weighted by molar-refractivity contribution is 0.127. The maximum Gasteiger partial charge on any atom is 0.412 e. The Hall–Kier alpha value is -2.04. The second kappa shape index (κ2) is 6.11. The van der Waals surface area contributed by atoms with E-state index in [0.717, 1.165) is 17.5 Å². The zero-order valence-electron chi connectivity index (χ0n) is 15.7. The average Bonchev–Trinajstić information content (AvgIpc) is 2.33. The van der Waals surface area contributed by atoms with Gasteiger partial charge in [-0.25, -0.2) is 9.79 Å². The SMILES string of the molecule is Cc1cc(C)cc(N(C(=O)O)C(C)(C)C2=NC(C)(C)CC(C)O2)c1. The molecule has 1 aromatic carbocycles. The number of ether oxygens (including phenoxy) is 1. The summed E-state index contributed by atoms with van der Waals surface area (Å²) in [5, 5.41) is 9.89. The largest absolute Gasteiger partial charge is 0.476 e. The molecule has 24 heavy (non-hydrogen) atoms. The summed E-state index contributed by atoms with van der Waals surface area (Å²) < 4.78 is 5.94. The maximum atomic E-state index is 12.1. The van der Waals surface area contributed by atoms with E-state index in [-0.39, 0.29) is 11.6 Å². The number of aryl methyl sites for hydroxylation is 2. The molecule has 5 nitrogen and oxygen atoms in total. The van der Waals surface area contributed by atoms with E-state index in [4.69, 9.17) is 9.73 Å². The Labute approximate surface area is 144 Å². The molecule has 0 radical (unpaired) electrons. The number of aliphatic imine (C=N–C) groups is 1. The first-order valence-corrected chi connectivity index (χ1v) is 8.31. The van der Waals surface area contributed by atoms with Crippen molar-refractivity contribution in [2.24, 2.45) is 4.99 Å². The first-order chi connectivity index (χ1) is 10.9. The Morgan fingerprint density at radius 3 is 2.29 bits per heavy atom. The van der Waals surface area contributed by atoms with Gasteiger partial charge in [0, 0.05) is 12.1 Å². The van der Waals surface area contributed by atoms with Gasteiger partial charge in [-0.2, -0.15) is 0 Å². The van der Waals surface area contributed by atoms with Crippen molar-refractivity contribution in [3.05, 3.63) is 29.3 Å². The fraction of sp³-hybridized carbons (Fsp3) is 0.579. The van der Waals surface area contributed by atoms with Crippen LogP contribution < -0.4 is 4.90 Å². The van der Waals surface area contributed by atoms with Crippen LogP contribution in [0.4, 0.5) is 10.5 Å². The van der Waals surface area contributed by atoms with E-state index in [1.807, 2.05) is 66.7 Å². The minimum atomic E-state index is -1.02. The Kier molecular flexibility index (Phi) is 4.66. The Morgan fingerprint density at radius 2 is 1.83 bits per heavy atom. The molecule has 0 fully saturated rings. The van der Waals surface area contributed by atoms with E-state index in [2.05, 4.69) is 0 Å². The lowest BCUT2D eigenvalue weighted by Crippen LogP contribution is -2.56. The van der Waals surface area contributed by atoms with Gasteiger partial charge in [-0.05, 0) is 71.7 Å². The number of amides is 1. The molecule has 0 spiro atoms. The van der Waals surface area contributed by atoms with E-state index < -0.39 is 11.6 Å². The van der Waals surface area contributed by atoms with Gasteiger partial charge in [0.25, 0.3) is 0 Å². The normalized spacial score (nSPS) is 20.1. The van der Waals surface area contributed by atoms with E-state index >= 15 is 0 Å². The van der Waals surface area contributed by atoms with E-state index in [9.17, 15) is 9.90 Å². The van der Waals surface area contributed by atoms with E-state index in [1.54, 1.807) is 0 Å². The number of carboxylic acid groups (broad SMARTS) is 1. The second-order valence-electron chi connectivity index (χ2n) is 7.88. The topological polar surface area (TPSA) is 62.1 Å². The van der Waals surface area contributed by atoms with Gasteiger partial charge < -0.3 is 9.84 Å². The molecule has 0 saturated heterocycles. The van der Waals surface area contributed by atoms with Crippen LogP contribution in [0.1, 0.15) is 52.2 Å². The smallest absolute Gasteiger partial charge is 0.412 e. The molecule has 1 aliphatic heterocycles. The van der Waals surface area contributed by atoms with Crippen molar-refractivity contribution in [2.75, 3.05) is 4.90 Å². The summed E-state index contributed by atoms with van der Waals surface area (Å²) >= 11 is 0. The van der Waals surface area contributed by atoms with Crippen molar-refractivity contribution >= 4 is 17.7 Å². The molecule has 0 bridgehead atoms. The number of carbonyl (C=O) groups is 1. The van der Waals surface area contributed by atoms with Crippen molar-refractivity contribution in [2.45, 2.75) is 72.1 Å². The molecule has 2 rings (SSSR count). The monoisotopic (exact) mass is 332 g/mol. The van der Waals surface area contributed by atoms with Crippen molar-refractivity contribution in [1.29, 1.82) is 0 Å². The summed E-state index contributed by atoms with van der Waals surface area (Å²) in [4.78, 5) is 18.1. The molecule has 1 amide bonds. The van der Waals surface area contributed by atoms with Crippen molar-refractivity contribution < 1.29 is 14.6 Å². The summed E-state index contributed by atoms with van der Waals surface area (Å²) in [7, 11) is 0. The predicted molar refractivity (Wildman–Crippen MR) is 97.2 cm³/mol. The Balaban J connectivity index is 2.53. The molecule has 1 heterocycles. The van der Waals surface area contributed by atoms with Gasteiger partial charge in [0.1, 0.15) is 5.54 Å². The van der Waals surface area contributed by atoms with Crippen LogP contribution in [0.2, 0.25) is 0 Å². The standard InChI is InChI=1S/C19H28N2O3/c1-12-8-13(2)10-15(9-12)21(17(22)23)19(6,7)16-20-18(4,5)11-14(3)24-16/h8-10,14H,11H2,1-7H3,(H,22,23). The molecule has 0 saturated carbocycles. The molecule has 1 aromatic rings. The van der Waals surface area contributed by atoms with Crippen LogP contribution in [0.5, 0.6) is 0 Å². The van der Waals surface area contributed by atoms with Crippen molar-refractivity contribution in [3.8, 4) is 0 Å². The molecular weight excluding hydrogens is 304 g/mol. The van der Waals surface area contributed by atoms with E-state index in [0.29, 0.717) is 11.6 Å². The van der Waals surface area contributed by atoms with Gasteiger partial charge in [0.05, 0.1) is 11.6 Å². The highest BCUT2D eigenvalue weighted by Crippen LogP contribution is 2.33. The van der Waals surface area contributed by atoms with Gasteiger partial charge in [-0.3, -0.25) is 4.90 Å². The van der Waals surface area contributed by atoms with Gasteiger partial charge >= 0.3 is 6.09 Å². The molecule has 0 aliphatic carbocycles. The fourth-order valence-corrected chi connectivity index (χ4v) is 3.41. The third kappa shape index (κ3) is 3.71. The van der Waals surface area contributed by atoms with Gasteiger partial charge in [0.15, 0.2) is 0 Å². The molecule has 5 heteroatoms. The summed E-state index contributed by atoms with van der Waals surface area (Å²) in [5.41, 5.74) is 1.50. The first kappa shape index (κ1) is 18.3.